The van der Waals surface area contributed by atoms with Crippen LogP contribution in [0.4, 0.5) is 0 Å². The topological polar surface area (TPSA) is 43.1 Å². The summed E-state index contributed by atoms with van der Waals surface area (Å²) in [6.45, 7) is 4.72. The minimum atomic E-state index is 0.222. The van der Waals surface area contributed by atoms with Crippen LogP contribution in [0.15, 0.2) is 0 Å². The molecule has 2 aliphatic carbocycles. The fourth-order valence-electron chi connectivity index (χ4n) is 3.66. The van der Waals surface area contributed by atoms with Gasteiger partial charge in [-0.15, -0.1) is 0 Å². The highest BCUT2D eigenvalue weighted by molar-refractivity contribution is 5.84. The van der Waals surface area contributed by atoms with Gasteiger partial charge in [-0.2, -0.15) is 0 Å². The third kappa shape index (κ3) is 1.15. The molecule has 0 amide bonds. The van der Waals surface area contributed by atoms with E-state index in [9.17, 15) is 4.79 Å². The van der Waals surface area contributed by atoms with Gasteiger partial charge in [0.05, 0.1) is 6.54 Å². The molecule has 13 heavy (non-hydrogen) atoms. The molecule has 2 N–H and O–H groups in total. The predicted molar refractivity (Wildman–Crippen MR) is 52.2 cm³/mol. The van der Waals surface area contributed by atoms with E-state index in [4.69, 9.17) is 5.73 Å². The van der Waals surface area contributed by atoms with Crippen molar-refractivity contribution in [3.8, 4) is 0 Å². The molecule has 74 valence electrons. The van der Waals surface area contributed by atoms with E-state index in [0.29, 0.717) is 5.92 Å². The van der Waals surface area contributed by atoms with E-state index < -0.39 is 0 Å². The van der Waals surface area contributed by atoms with Crippen molar-refractivity contribution in [2.75, 3.05) is 6.54 Å². The first-order valence-electron chi connectivity index (χ1n) is 5.30. The molecule has 0 spiro atoms. The lowest BCUT2D eigenvalue weighted by Gasteiger charge is -2.37. The molecule has 0 aromatic heterocycles. The lowest BCUT2D eigenvalue weighted by molar-refractivity contribution is -0.127. The first-order chi connectivity index (χ1) is 6.07. The van der Waals surface area contributed by atoms with E-state index >= 15 is 0 Å². The number of nitrogens with two attached hydrogens (primary N) is 1. The highest BCUT2D eigenvalue weighted by atomic mass is 16.1. The molecule has 3 atom stereocenters. The van der Waals surface area contributed by atoms with Crippen LogP contribution >= 0.6 is 0 Å². The van der Waals surface area contributed by atoms with Gasteiger partial charge in [0, 0.05) is 5.92 Å². The van der Waals surface area contributed by atoms with E-state index in [-0.39, 0.29) is 23.7 Å². The molecular formula is C11H19NO. The van der Waals surface area contributed by atoms with Crippen molar-refractivity contribution < 1.29 is 4.79 Å². The largest absolute Gasteiger partial charge is 0.324 e. The summed E-state index contributed by atoms with van der Waals surface area (Å²) in [5, 5.41) is 0. The highest BCUT2D eigenvalue weighted by Crippen LogP contribution is 2.59. The average Bonchev–Trinajstić information content (AvgIpc) is 2.60. The lowest BCUT2D eigenvalue weighted by atomic mass is 9.67. The Hall–Kier alpha value is -0.370. The van der Waals surface area contributed by atoms with Gasteiger partial charge in [-0.05, 0) is 36.5 Å². The van der Waals surface area contributed by atoms with E-state index in [2.05, 4.69) is 13.8 Å². The van der Waals surface area contributed by atoms with Gasteiger partial charge in [0.1, 0.15) is 5.78 Å². The Kier molecular flexibility index (Phi) is 1.99. The summed E-state index contributed by atoms with van der Waals surface area (Å²) in [7, 11) is 0. The number of rotatable bonds is 2. The lowest BCUT2D eigenvalue weighted by Crippen LogP contribution is -2.39. The SMILES string of the molecule is CC1(C)C2CCC(C2)C1C(=O)CN. The van der Waals surface area contributed by atoms with Crippen LogP contribution in [0.25, 0.3) is 0 Å². The second-order valence-corrected chi connectivity index (χ2v) is 5.24. The van der Waals surface area contributed by atoms with E-state index in [1.54, 1.807) is 0 Å². The van der Waals surface area contributed by atoms with Crippen LogP contribution in [-0.2, 0) is 4.79 Å². The van der Waals surface area contributed by atoms with Gasteiger partial charge in [0.2, 0.25) is 0 Å². The number of fused-ring (bicyclic) bond motifs is 2. The second kappa shape index (κ2) is 2.81. The van der Waals surface area contributed by atoms with Crippen LogP contribution in [0, 0.1) is 23.2 Å². The normalized spacial score (nSPS) is 41.0. The van der Waals surface area contributed by atoms with Gasteiger partial charge in [-0.3, -0.25) is 4.79 Å². The molecule has 2 heteroatoms. The van der Waals surface area contributed by atoms with Crippen LogP contribution in [0.2, 0.25) is 0 Å². The number of carbonyl (C=O) groups is 1. The zero-order valence-corrected chi connectivity index (χ0v) is 8.55. The van der Waals surface area contributed by atoms with E-state index in [0.717, 1.165) is 5.92 Å². The van der Waals surface area contributed by atoms with Gasteiger partial charge in [-0.25, -0.2) is 0 Å². The molecule has 2 aliphatic rings. The van der Waals surface area contributed by atoms with Crippen LogP contribution in [0.1, 0.15) is 33.1 Å². The van der Waals surface area contributed by atoms with Crippen molar-refractivity contribution in [1.29, 1.82) is 0 Å². The third-order valence-corrected chi connectivity index (χ3v) is 4.35. The van der Waals surface area contributed by atoms with Crippen LogP contribution in [0.5, 0.6) is 0 Å². The zero-order valence-electron chi connectivity index (χ0n) is 8.55. The van der Waals surface area contributed by atoms with E-state index in [1.807, 2.05) is 0 Å². The molecule has 2 bridgehead atoms. The summed E-state index contributed by atoms with van der Waals surface area (Å²) in [6.07, 6.45) is 3.85. The number of hydrogen-bond donors (Lipinski definition) is 1. The third-order valence-electron chi connectivity index (χ3n) is 4.35. The maximum absolute atomic E-state index is 11.7. The minimum absolute atomic E-state index is 0.222. The minimum Gasteiger partial charge on any atom is -0.324 e. The molecule has 0 heterocycles. The first-order valence-corrected chi connectivity index (χ1v) is 5.30. The number of hydrogen-bond acceptors (Lipinski definition) is 2. The summed E-state index contributed by atoms with van der Waals surface area (Å²) < 4.78 is 0. The Bertz CT molecular complexity index is 234. The molecule has 2 nitrogen and oxygen atoms in total. The Morgan fingerprint density at radius 2 is 2.15 bits per heavy atom. The van der Waals surface area contributed by atoms with Gasteiger partial charge in [-0.1, -0.05) is 13.8 Å². The Morgan fingerprint density at radius 3 is 2.62 bits per heavy atom. The molecule has 2 rings (SSSR count). The first kappa shape index (κ1) is 9.20. The summed E-state index contributed by atoms with van der Waals surface area (Å²) >= 11 is 0. The van der Waals surface area contributed by atoms with E-state index in [1.165, 1.54) is 19.3 Å². The second-order valence-electron chi connectivity index (χ2n) is 5.24. The van der Waals surface area contributed by atoms with Crippen molar-refractivity contribution >= 4 is 5.78 Å². The smallest absolute Gasteiger partial charge is 0.150 e. The van der Waals surface area contributed by atoms with Gasteiger partial charge in [0.15, 0.2) is 0 Å². The quantitative estimate of drug-likeness (QED) is 0.703. The van der Waals surface area contributed by atoms with Crippen molar-refractivity contribution in [3.63, 3.8) is 0 Å². The fourth-order valence-corrected chi connectivity index (χ4v) is 3.66. The molecule has 0 radical (unpaired) electrons. The van der Waals surface area contributed by atoms with Crippen LogP contribution in [0.3, 0.4) is 0 Å². The Labute approximate surface area is 79.9 Å². The van der Waals surface area contributed by atoms with Crippen LogP contribution in [-0.4, -0.2) is 12.3 Å². The Balaban J connectivity index is 2.23. The fraction of sp³-hybridized carbons (Fsp3) is 0.909. The maximum Gasteiger partial charge on any atom is 0.150 e. The van der Waals surface area contributed by atoms with Crippen molar-refractivity contribution in [2.45, 2.75) is 33.1 Å². The predicted octanol–water partition coefficient (Wildman–Crippen LogP) is 1.59. The number of ketones is 1. The van der Waals surface area contributed by atoms with Crippen molar-refractivity contribution in [2.24, 2.45) is 28.9 Å². The monoisotopic (exact) mass is 181 g/mol. The van der Waals surface area contributed by atoms with Gasteiger partial charge in [0.25, 0.3) is 0 Å². The summed E-state index contributed by atoms with van der Waals surface area (Å²) in [5.41, 5.74) is 5.68. The van der Waals surface area contributed by atoms with Gasteiger partial charge >= 0.3 is 0 Å². The highest BCUT2D eigenvalue weighted by Gasteiger charge is 2.54. The van der Waals surface area contributed by atoms with Crippen molar-refractivity contribution in [3.05, 3.63) is 0 Å². The summed E-state index contributed by atoms with van der Waals surface area (Å²) in [5.74, 6) is 1.97. The molecule has 0 aliphatic heterocycles. The molecule has 2 fully saturated rings. The summed E-state index contributed by atoms with van der Waals surface area (Å²) in [4.78, 5) is 11.7. The Morgan fingerprint density at radius 1 is 1.46 bits per heavy atom. The number of carbonyl (C=O) groups excluding carboxylic acids is 1. The molecular weight excluding hydrogens is 162 g/mol. The standard InChI is InChI=1S/C11H19NO/c1-11(2)8-4-3-7(5-8)10(11)9(13)6-12/h7-8,10H,3-6,12H2,1-2H3. The summed E-state index contributed by atoms with van der Waals surface area (Å²) in [6, 6.07) is 0. The molecule has 0 aromatic carbocycles. The molecule has 3 unspecified atom stereocenters. The molecule has 0 saturated heterocycles. The van der Waals surface area contributed by atoms with Gasteiger partial charge < -0.3 is 5.73 Å². The average molecular weight is 181 g/mol. The maximum atomic E-state index is 11.7. The molecule has 2 saturated carbocycles. The molecule has 0 aromatic rings. The zero-order chi connectivity index (χ0) is 9.64. The van der Waals surface area contributed by atoms with Crippen molar-refractivity contribution in [1.82, 2.24) is 0 Å². The number of Topliss-reactive ketones (excluding diaryl/α,β-unsaturated/α-hetero) is 1. The van der Waals surface area contributed by atoms with Crippen LogP contribution < -0.4 is 5.73 Å².